The van der Waals surface area contributed by atoms with E-state index < -0.39 is 0 Å². The zero-order chi connectivity index (χ0) is 22.2. The Morgan fingerprint density at radius 2 is 2.03 bits per heavy atom. The van der Waals surface area contributed by atoms with Crippen LogP contribution in [0.4, 0.5) is 5.82 Å². The molecule has 0 aromatic carbocycles. The second kappa shape index (κ2) is 8.26. The summed E-state index contributed by atoms with van der Waals surface area (Å²) in [7, 11) is 1.87. The highest BCUT2D eigenvalue weighted by Crippen LogP contribution is 2.32. The van der Waals surface area contributed by atoms with Crippen molar-refractivity contribution >= 4 is 28.7 Å². The molecule has 32 heavy (non-hydrogen) atoms. The smallest absolute Gasteiger partial charge is 0.255 e. The third-order valence-electron chi connectivity index (χ3n) is 6.57. The first-order chi connectivity index (χ1) is 15.5. The van der Waals surface area contributed by atoms with Gasteiger partial charge in [0.15, 0.2) is 0 Å². The molecule has 2 fully saturated rings. The van der Waals surface area contributed by atoms with Gasteiger partial charge < -0.3 is 20.1 Å². The molecule has 8 nitrogen and oxygen atoms in total. The molecule has 1 aliphatic heterocycles. The van der Waals surface area contributed by atoms with Gasteiger partial charge in [0, 0.05) is 50.0 Å². The van der Waals surface area contributed by atoms with E-state index in [0.29, 0.717) is 24.5 Å². The summed E-state index contributed by atoms with van der Waals surface area (Å²) in [6.07, 6.45) is 8.18. The number of anilines is 1. The predicted octanol–water partition coefficient (Wildman–Crippen LogP) is 3.21. The maximum Gasteiger partial charge on any atom is 0.255 e. The van der Waals surface area contributed by atoms with E-state index in [1.54, 1.807) is 6.20 Å². The van der Waals surface area contributed by atoms with E-state index in [-0.39, 0.29) is 29.8 Å². The van der Waals surface area contributed by atoms with Gasteiger partial charge >= 0.3 is 0 Å². The zero-order valence-corrected chi connectivity index (χ0v) is 18.4. The van der Waals surface area contributed by atoms with Crippen LogP contribution in [0.25, 0.3) is 11.0 Å². The highest BCUT2D eigenvalue weighted by molar-refractivity contribution is 5.94. The summed E-state index contributed by atoms with van der Waals surface area (Å²) in [5.74, 6) is 1.10. The molecule has 0 unspecified atom stereocenters. The van der Waals surface area contributed by atoms with Crippen molar-refractivity contribution < 1.29 is 9.59 Å². The number of likely N-dealkylation sites (N-methyl/N-ethyl adjacent to an activating group) is 1. The van der Waals surface area contributed by atoms with Crippen LogP contribution in [0.1, 0.15) is 48.1 Å². The van der Waals surface area contributed by atoms with Crippen LogP contribution in [0, 0.1) is 5.92 Å². The van der Waals surface area contributed by atoms with Crippen molar-refractivity contribution in [2.75, 3.05) is 25.5 Å². The maximum absolute atomic E-state index is 12.9. The lowest BCUT2D eigenvalue weighted by molar-refractivity contribution is -0.133. The van der Waals surface area contributed by atoms with Crippen molar-refractivity contribution in [3.8, 4) is 0 Å². The second-order valence-electron chi connectivity index (χ2n) is 8.90. The van der Waals surface area contributed by atoms with Crippen LogP contribution in [0.15, 0.2) is 42.9 Å². The fourth-order valence-corrected chi connectivity index (χ4v) is 4.33. The molecular formula is C24H28N6O2. The number of nitrogens with one attached hydrogen (secondary N) is 2. The first-order valence-corrected chi connectivity index (χ1v) is 11.2. The van der Waals surface area contributed by atoms with E-state index in [2.05, 4.69) is 33.3 Å². The van der Waals surface area contributed by atoms with Gasteiger partial charge in [-0.05, 0) is 56.0 Å². The number of fused-ring (bicyclic) bond motifs is 1. The molecule has 1 aliphatic carbocycles. The molecule has 3 aromatic heterocycles. The summed E-state index contributed by atoms with van der Waals surface area (Å²) >= 11 is 0. The minimum Gasteiger partial charge on any atom is -0.363 e. The Morgan fingerprint density at radius 1 is 1.19 bits per heavy atom. The van der Waals surface area contributed by atoms with Crippen molar-refractivity contribution in [2.24, 2.45) is 5.92 Å². The average Bonchev–Trinajstić information content (AvgIpc) is 3.35. The molecule has 0 bridgehead atoms. The fourth-order valence-electron chi connectivity index (χ4n) is 4.33. The molecule has 3 aromatic rings. The molecule has 2 atom stereocenters. The highest BCUT2D eigenvalue weighted by Gasteiger charge is 2.37. The number of carbonyl (C=O) groups is 2. The lowest BCUT2D eigenvalue weighted by atomic mass is 10.1. The van der Waals surface area contributed by atoms with Gasteiger partial charge in [0.25, 0.3) is 5.91 Å². The van der Waals surface area contributed by atoms with Crippen molar-refractivity contribution in [3.63, 3.8) is 0 Å². The molecule has 1 saturated carbocycles. The number of carbonyl (C=O) groups excluding carboxylic acids is 2. The van der Waals surface area contributed by atoms with E-state index in [4.69, 9.17) is 0 Å². The summed E-state index contributed by atoms with van der Waals surface area (Å²) in [5, 5.41) is 4.44. The van der Waals surface area contributed by atoms with E-state index in [0.717, 1.165) is 35.9 Å². The van der Waals surface area contributed by atoms with Gasteiger partial charge in [0.05, 0.1) is 17.6 Å². The highest BCUT2D eigenvalue weighted by atomic mass is 16.2. The summed E-state index contributed by atoms with van der Waals surface area (Å²) in [6.45, 7) is 3.30. The van der Waals surface area contributed by atoms with Crippen LogP contribution in [-0.2, 0) is 4.79 Å². The Kier molecular flexibility index (Phi) is 5.28. The number of pyridine rings is 2. The summed E-state index contributed by atoms with van der Waals surface area (Å²) in [5.41, 5.74) is 2.50. The van der Waals surface area contributed by atoms with E-state index in [1.807, 2.05) is 47.4 Å². The Morgan fingerprint density at radius 3 is 2.78 bits per heavy atom. The zero-order valence-electron chi connectivity index (χ0n) is 18.4. The van der Waals surface area contributed by atoms with Gasteiger partial charge in [-0.25, -0.2) is 9.97 Å². The Bertz CT molecular complexity index is 1140. The number of nitrogens with zero attached hydrogens (tertiary/aromatic N) is 4. The van der Waals surface area contributed by atoms with Gasteiger partial charge in [-0.1, -0.05) is 0 Å². The molecule has 8 heteroatoms. The molecule has 2 N–H and O–H groups in total. The minimum atomic E-state index is -0.0334. The number of aromatic amines is 1. The van der Waals surface area contributed by atoms with Gasteiger partial charge in [-0.2, -0.15) is 0 Å². The number of aromatic nitrogens is 3. The van der Waals surface area contributed by atoms with Crippen molar-refractivity contribution in [3.05, 3.63) is 54.0 Å². The van der Waals surface area contributed by atoms with Crippen LogP contribution in [0.2, 0.25) is 0 Å². The average molecular weight is 433 g/mol. The lowest BCUT2D eigenvalue weighted by Gasteiger charge is -2.25. The fraction of sp³-hybridized carbons (Fsp3) is 0.417. The van der Waals surface area contributed by atoms with Crippen molar-refractivity contribution in [2.45, 2.75) is 38.3 Å². The molecule has 0 spiro atoms. The van der Waals surface area contributed by atoms with Crippen molar-refractivity contribution in [1.82, 2.24) is 24.8 Å². The minimum absolute atomic E-state index is 0.0229. The van der Waals surface area contributed by atoms with Gasteiger partial charge in [-0.3, -0.25) is 9.59 Å². The monoisotopic (exact) mass is 432 g/mol. The van der Waals surface area contributed by atoms with Gasteiger partial charge in [0.2, 0.25) is 5.91 Å². The standard InChI is InChI=1S/C24H28N6O2/c1-15(19-11-17-7-9-25-22(17)27-13-19)28-21-6-5-18(12-26-21)24(32)30-10-8-20(14-30)29(2)23(31)16-3-4-16/h5-7,9,11-13,15-16,20H,3-4,8,10,14H2,1-2H3,(H,25,27)(H,26,28)/t15-,20-/m0/s1. The number of amides is 2. The van der Waals surface area contributed by atoms with Crippen LogP contribution in [-0.4, -0.2) is 62.7 Å². The number of rotatable bonds is 6. The number of hydrogen-bond donors (Lipinski definition) is 2. The van der Waals surface area contributed by atoms with Crippen molar-refractivity contribution in [1.29, 1.82) is 0 Å². The molecule has 2 aliphatic rings. The normalized spacial score (nSPS) is 19.2. The largest absolute Gasteiger partial charge is 0.363 e. The number of H-pyrrole nitrogens is 1. The second-order valence-corrected chi connectivity index (χ2v) is 8.90. The lowest BCUT2D eigenvalue weighted by Crippen LogP contribution is -2.40. The molecule has 1 saturated heterocycles. The molecule has 2 amide bonds. The van der Waals surface area contributed by atoms with Crippen LogP contribution in [0.3, 0.4) is 0 Å². The summed E-state index contributed by atoms with van der Waals surface area (Å²) in [6, 6.07) is 7.87. The topological polar surface area (TPSA) is 94.2 Å². The molecule has 166 valence electrons. The van der Waals surface area contributed by atoms with E-state index >= 15 is 0 Å². The summed E-state index contributed by atoms with van der Waals surface area (Å²) in [4.78, 5) is 40.9. The predicted molar refractivity (Wildman–Crippen MR) is 122 cm³/mol. The maximum atomic E-state index is 12.9. The Hall–Kier alpha value is -3.42. The molecule has 0 radical (unpaired) electrons. The van der Waals surface area contributed by atoms with E-state index in [9.17, 15) is 9.59 Å². The van der Waals surface area contributed by atoms with Crippen LogP contribution >= 0.6 is 0 Å². The first-order valence-electron chi connectivity index (χ1n) is 11.2. The third-order valence-corrected chi connectivity index (χ3v) is 6.57. The Labute approximate surface area is 187 Å². The van der Waals surface area contributed by atoms with E-state index in [1.165, 1.54) is 0 Å². The Balaban J connectivity index is 1.19. The first kappa shape index (κ1) is 20.5. The van der Waals surface area contributed by atoms with Crippen LogP contribution in [0.5, 0.6) is 0 Å². The van der Waals surface area contributed by atoms with Crippen LogP contribution < -0.4 is 5.32 Å². The number of likely N-dealkylation sites (tertiary alicyclic amines) is 1. The quantitative estimate of drug-likeness (QED) is 0.624. The molecule has 4 heterocycles. The van der Waals surface area contributed by atoms with Gasteiger partial charge in [-0.15, -0.1) is 0 Å². The molecule has 5 rings (SSSR count). The SMILES string of the molecule is C[C@H](Nc1ccc(C(=O)N2CC[C@H](N(C)C(=O)C3CC3)C2)cn1)c1cnc2[nH]ccc2c1. The van der Waals surface area contributed by atoms with Gasteiger partial charge in [0.1, 0.15) is 11.5 Å². The third kappa shape index (κ3) is 4.04. The summed E-state index contributed by atoms with van der Waals surface area (Å²) < 4.78 is 0. The molecular weight excluding hydrogens is 404 g/mol. The number of hydrogen-bond acceptors (Lipinski definition) is 5.